The molecular weight excluding hydrogens is 649 g/mol. The van der Waals surface area contributed by atoms with Crippen LogP contribution in [0.15, 0.2) is 133 Å². The quantitative estimate of drug-likeness (QED) is 0.110. The van der Waals surface area contributed by atoms with Gasteiger partial charge in [-0.15, -0.1) is 0 Å². The van der Waals surface area contributed by atoms with E-state index < -0.39 is 0 Å². The maximum atomic E-state index is 10.4. The molecule has 0 fully saturated rings. The third-order valence-electron chi connectivity index (χ3n) is 9.29. The molecule has 0 aliphatic carbocycles. The van der Waals surface area contributed by atoms with Crippen molar-refractivity contribution < 1.29 is 20.4 Å². The van der Waals surface area contributed by atoms with E-state index in [4.69, 9.17) is 9.97 Å². The molecule has 0 amide bonds. The molecule has 4 aromatic carbocycles. The predicted molar refractivity (Wildman–Crippen MR) is 205 cm³/mol. The molecule has 9 rings (SSSR count). The summed E-state index contributed by atoms with van der Waals surface area (Å²) >= 11 is 0. The van der Waals surface area contributed by atoms with E-state index in [0.29, 0.717) is 22.8 Å². The Balaban J connectivity index is 1.38. The van der Waals surface area contributed by atoms with Crippen LogP contribution in [0.4, 0.5) is 0 Å². The van der Waals surface area contributed by atoms with Crippen LogP contribution in [0, 0.1) is 0 Å². The van der Waals surface area contributed by atoms with Crippen molar-refractivity contribution in [1.29, 1.82) is 0 Å². The number of phenolic OH excluding ortho intramolecular Hbond substituents is 4. The normalized spacial score (nSPS) is 12.4. The highest BCUT2D eigenvalue weighted by molar-refractivity contribution is 5.99. The number of hydrogen-bond donors (Lipinski definition) is 6. The van der Waals surface area contributed by atoms with Crippen molar-refractivity contribution in [2.75, 3.05) is 0 Å². The number of rotatable bonds is 4. The molecule has 0 unspecified atom stereocenters. The molecule has 0 atom stereocenters. The Bertz CT molecular complexity index is 2620. The molecule has 0 saturated heterocycles. The molecule has 7 aromatic rings. The molecule has 0 saturated carbocycles. The second-order valence-electron chi connectivity index (χ2n) is 12.8. The lowest BCUT2D eigenvalue weighted by atomic mass is 10.0. The summed E-state index contributed by atoms with van der Waals surface area (Å²) in [4.78, 5) is 17.3. The van der Waals surface area contributed by atoms with E-state index in [1.165, 1.54) is 0 Å². The van der Waals surface area contributed by atoms with E-state index in [9.17, 15) is 20.4 Å². The molecule has 0 spiro atoms. The van der Waals surface area contributed by atoms with Crippen molar-refractivity contribution >= 4 is 45.4 Å². The number of fused-ring (bicyclic) bond motifs is 10. The fourth-order valence-corrected chi connectivity index (χ4v) is 6.83. The van der Waals surface area contributed by atoms with Crippen LogP contribution in [-0.4, -0.2) is 40.4 Å². The summed E-state index contributed by atoms with van der Waals surface area (Å²) in [6.45, 7) is 0. The number of aromatic nitrogens is 4. The van der Waals surface area contributed by atoms with Crippen LogP contribution < -0.4 is 0 Å². The molecule has 3 aromatic heterocycles. The van der Waals surface area contributed by atoms with Crippen LogP contribution in [0.1, 0.15) is 33.9 Å². The second kappa shape index (κ2) is 12.2. The predicted octanol–water partition coefficient (Wildman–Crippen LogP) is 9.65. The summed E-state index contributed by atoms with van der Waals surface area (Å²) in [6, 6.07) is 40.3. The van der Waals surface area contributed by atoms with E-state index in [-0.39, 0.29) is 23.0 Å². The van der Waals surface area contributed by atoms with Crippen molar-refractivity contribution in [3.05, 3.63) is 167 Å². The SMILES string of the molecule is Oc1cccc(C2=Cc3nc2ccc2[nH]c(cc2-c2cccc(O)c2)c2nc(ccc4[nH]c3cc4-c3cccc(O)c3)C(c3cccc(O)c3)=C2)c1. The van der Waals surface area contributed by atoms with Gasteiger partial charge in [-0.1, -0.05) is 48.5 Å². The van der Waals surface area contributed by atoms with Crippen molar-refractivity contribution in [1.82, 2.24) is 19.9 Å². The first-order valence-electron chi connectivity index (χ1n) is 16.7. The average Bonchev–Trinajstić information content (AvgIpc) is 3.94. The first-order chi connectivity index (χ1) is 25.3. The Morgan fingerprint density at radius 2 is 0.731 bits per heavy atom. The second-order valence-corrected chi connectivity index (χ2v) is 12.8. The van der Waals surface area contributed by atoms with Crippen LogP contribution in [0.2, 0.25) is 0 Å². The minimum absolute atomic E-state index is 0.152. The van der Waals surface area contributed by atoms with Gasteiger partial charge >= 0.3 is 0 Å². The van der Waals surface area contributed by atoms with Gasteiger partial charge in [0.25, 0.3) is 0 Å². The Morgan fingerprint density at radius 3 is 1.12 bits per heavy atom. The molecule has 2 aliphatic heterocycles. The van der Waals surface area contributed by atoms with Gasteiger partial charge in [0.15, 0.2) is 0 Å². The molecule has 0 radical (unpaired) electrons. The lowest BCUT2D eigenvalue weighted by molar-refractivity contribution is 0.474. The molecule has 2 aliphatic rings. The van der Waals surface area contributed by atoms with E-state index in [2.05, 4.69) is 9.97 Å². The van der Waals surface area contributed by atoms with E-state index >= 15 is 0 Å². The molecule has 5 heterocycles. The van der Waals surface area contributed by atoms with Crippen molar-refractivity contribution in [3.63, 3.8) is 0 Å². The van der Waals surface area contributed by atoms with Crippen LogP contribution in [0.3, 0.4) is 0 Å². The molecule has 8 bridgehead atoms. The summed E-state index contributed by atoms with van der Waals surface area (Å²) < 4.78 is 0. The van der Waals surface area contributed by atoms with Crippen LogP contribution in [-0.2, 0) is 0 Å². The summed E-state index contributed by atoms with van der Waals surface area (Å²) in [7, 11) is 0. The van der Waals surface area contributed by atoms with Gasteiger partial charge in [0.2, 0.25) is 0 Å². The number of hydrogen-bond acceptors (Lipinski definition) is 6. The van der Waals surface area contributed by atoms with Gasteiger partial charge in [-0.3, -0.25) is 0 Å². The van der Waals surface area contributed by atoms with Gasteiger partial charge in [0.1, 0.15) is 23.0 Å². The first kappa shape index (κ1) is 30.7. The standard InChI is InChI=1S/C44H30N4O4/c49-29-9-1-5-25(17-29)33-21-41-42-22-34(26-6-2-10-30(50)18-26)39(46-42)15-16-40-36(28-8-4-12-32(52)20-28)24-44(48-40)43-23-35(27-7-3-11-31(51)19-27)38(47-43)14-13-37(33)45-41/h1-24,45,48-52H. The van der Waals surface area contributed by atoms with Gasteiger partial charge in [-0.2, -0.15) is 0 Å². The number of phenols is 4. The minimum Gasteiger partial charge on any atom is -0.508 e. The van der Waals surface area contributed by atoms with Crippen LogP contribution >= 0.6 is 0 Å². The monoisotopic (exact) mass is 678 g/mol. The summed E-state index contributed by atoms with van der Waals surface area (Å²) in [5.41, 5.74) is 12.5. The largest absolute Gasteiger partial charge is 0.508 e. The fourth-order valence-electron chi connectivity index (χ4n) is 6.83. The number of benzene rings is 4. The van der Waals surface area contributed by atoms with E-state index in [0.717, 1.165) is 66.6 Å². The minimum atomic E-state index is 0.152. The Kier molecular flexibility index (Phi) is 7.22. The van der Waals surface area contributed by atoms with Crippen molar-refractivity contribution in [3.8, 4) is 45.3 Å². The average molecular weight is 679 g/mol. The number of aromatic amines is 2. The summed E-state index contributed by atoms with van der Waals surface area (Å²) in [6.07, 6.45) is 4.00. The van der Waals surface area contributed by atoms with Gasteiger partial charge in [0, 0.05) is 33.3 Å². The lowest BCUT2D eigenvalue weighted by Gasteiger charge is -2.03. The van der Waals surface area contributed by atoms with E-state index in [1.807, 2.05) is 84.9 Å². The van der Waals surface area contributed by atoms with Gasteiger partial charge < -0.3 is 30.4 Å². The molecule has 8 nitrogen and oxygen atoms in total. The first-order valence-corrected chi connectivity index (χ1v) is 16.7. The third-order valence-corrected chi connectivity index (χ3v) is 9.29. The third kappa shape index (κ3) is 5.64. The highest BCUT2D eigenvalue weighted by Gasteiger charge is 2.18. The molecule has 8 heteroatoms. The number of nitrogens with one attached hydrogen (secondary N) is 2. The zero-order chi connectivity index (χ0) is 35.3. The lowest BCUT2D eigenvalue weighted by Crippen LogP contribution is -1.85. The smallest absolute Gasteiger partial charge is 0.116 e. The summed E-state index contributed by atoms with van der Waals surface area (Å²) in [5, 5.41) is 41.6. The molecule has 52 heavy (non-hydrogen) atoms. The fraction of sp³-hybridized carbons (Fsp3) is 0. The number of nitrogens with zero attached hydrogens (tertiary/aromatic N) is 2. The number of aromatic hydroxyl groups is 4. The maximum Gasteiger partial charge on any atom is 0.116 e. The Morgan fingerprint density at radius 1 is 0.365 bits per heavy atom. The Labute approximate surface area is 297 Å². The topological polar surface area (TPSA) is 138 Å². The zero-order valence-electron chi connectivity index (χ0n) is 27.5. The van der Waals surface area contributed by atoms with Crippen LogP contribution in [0.5, 0.6) is 23.0 Å². The summed E-state index contributed by atoms with van der Waals surface area (Å²) in [5.74, 6) is 0.613. The molecule has 6 N–H and O–H groups in total. The Hall–Kier alpha value is -7.32. The number of H-pyrrole nitrogens is 2. The van der Waals surface area contributed by atoms with Gasteiger partial charge in [0.05, 0.1) is 33.8 Å². The van der Waals surface area contributed by atoms with Gasteiger partial charge in [-0.25, -0.2) is 9.97 Å². The van der Waals surface area contributed by atoms with Crippen LogP contribution in [0.25, 0.3) is 67.6 Å². The van der Waals surface area contributed by atoms with Gasteiger partial charge in [-0.05, 0) is 119 Å². The maximum absolute atomic E-state index is 10.4. The molecular formula is C44H30N4O4. The molecule has 250 valence electrons. The highest BCUT2D eigenvalue weighted by Crippen LogP contribution is 2.37. The zero-order valence-corrected chi connectivity index (χ0v) is 27.5. The van der Waals surface area contributed by atoms with Crippen molar-refractivity contribution in [2.24, 2.45) is 0 Å². The van der Waals surface area contributed by atoms with E-state index in [1.54, 1.807) is 60.7 Å². The highest BCUT2D eigenvalue weighted by atomic mass is 16.3. The van der Waals surface area contributed by atoms with Crippen molar-refractivity contribution in [2.45, 2.75) is 0 Å².